The fourth-order valence-electron chi connectivity index (χ4n) is 5.26. The molecule has 0 radical (unpaired) electrons. The van der Waals surface area contributed by atoms with E-state index in [-0.39, 0.29) is 6.61 Å². The van der Waals surface area contributed by atoms with Gasteiger partial charge in [0.05, 0.1) is 33.1 Å². The molecule has 0 spiro atoms. The van der Waals surface area contributed by atoms with Crippen LogP contribution in [0.15, 0.2) is 42.5 Å². The van der Waals surface area contributed by atoms with Crippen LogP contribution in [-0.4, -0.2) is 67.5 Å². The number of aliphatic hydroxyl groups excluding tert-OH is 1. The number of nitrogens with one attached hydrogen (secondary N) is 2. The monoisotopic (exact) mass is 628 g/mol. The van der Waals surface area contributed by atoms with Gasteiger partial charge in [0.25, 0.3) is 0 Å². The highest BCUT2D eigenvalue weighted by molar-refractivity contribution is 7.18. The van der Waals surface area contributed by atoms with Crippen molar-refractivity contribution in [3.63, 3.8) is 0 Å². The number of halogens is 1. The number of carbonyl (C=O) groups excluding carboxylic acids is 1. The van der Waals surface area contributed by atoms with Crippen LogP contribution in [-0.2, 0) is 18.9 Å². The first-order valence-electron chi connectivity index (χ1n) is 13.9. The molecule has 6 atom stereocenters. The summed E-state index contributed by atoms with van der Waals surface area (Å²) in [6, 6.07) is 12.3. The average molecular weight is 629 g/mol. The molecule has 228 valence electrons. The number of hydrazine groups is 1. The number of aryl methyl sites for hydroxylation is 2. The number of hydrogen-bond donors (Lipinski definition) is 3. The molecule has 4 aromatic rings. The number of fused-ring (bicyclic) bond motifs is 2. The SMILES string of the molecule is Cc1nc([C@@H]2O[C@@H]3COC(c4ccccc4)O[C@@H]3[C@H](NNC(=O)OC(C)(C)C)[C@H]2O)n(-c2cc(Cl)c3nc(C)sc3c2)n1. The lowest BCUT2D eigenvalue weighted by atomic mass is 9.91. The minimum atomic E-state index is -1.24. The van der Waals surface area contributed by atoms with E-state index in [0.29, 0.717) is 27.9 Å². The number of rotatable bonds is 5. The van der Waals surface area contributed by atoms with Crippen molar-refractivity contribution in [2.75, 3.05) is 6.61 Å². The number of aliphatic hydroxyl groups is 1. The van der Waals surface area contributed by atoms with E-state index >= 15 is 0 Å². The van der Waals surface area contributed by atoms with Gasteiger partial charge in [-0.2, -0.15) is 5.10 Å². The van der Waals surface area contributed by atoms with Crippen LogP contribution in [0.5, 0.6) is 0 Å². The summed E-state index contributed by atoms with van der Waals surface area (Å²) >= 11 is 8.12. The Hall–Kier alpha value is -3.17. The van der Waals surface area contributed by atoms with E-state index < -0.39 is 48.4 Å². The van der Waals surface area contributed by atoms with Crippen LogP contribution in [0.3, 0.4) is 0 Å². The van der Waals surface area contributed by atoms with Gasteiger partial charge in [-0.05, 0) is 46.8 Å². The van der Waals surface area contributed by atoms with Crippen molar-refractivity contribution in [2.24, 2.45) is 0 Å². The van der Waals surface area contributed by atoms with Gasteiger partial charge in [-0.25, -0.2) is 24.9 Å². The minimum Gasteiger partial charge on any atom is -0.443 e. The van der Waals surface area contributed by atoms with E-state index in [4.69, 9.17) is 30.5 Å². The Morgan fingerprint density at radius 1 is 1.16 bits per heavy atom. The molecule has 4 heterocycles. The molecular formula is C29H33ClN6O6S. The molecule has 2 aliphatic heterocycles. The Labute approximate surface area is 257 Å². The summed E-state index contributed by atoms with van der Waals surface area (Å²) in [4.78, 5) is 21.7. The zero-order valence-electron chi connectivity index (χ0n) is 24.3. The van der Waals surface area contributed by atoms with E-state index in [1.54, 1.807) is 38.4 Å². The third-order valence-electron chi connectivity index (χ3n) is 7.00. The summed E-state index contributed by atoms with van der Waals surface area (Å²) in [7, 11) is 0. The zero-order chi connectivity index (χ0) is 30.5. The van der Waals surface area contributed by atoms with Crippen molar-refractivity contribution in [1.29, 1.82) is 0 Å². The lowest BCUT2D eigenvalue weighted by Gasteiger charge is -2.48. The zero-order valence-corrected chi connectivity index (χ0v) is 25.8. The molecule has 12 nitrogen and oxygen atoms in total. The fourth-order valence-corrected chi connectivity index (χ4v) is 6.46. The van der Waals surface area contributed by atoms with Crippen LogP contribution in [0.25, 0.3) is 15.9 Å². The van der Waals surface area contributed by atoms with Crippen molar-refractivity contribution in [2.45, 2.75) is 77.0 Å². The first kappa shape index (κ1) is 29.9. The highest BCUT2D eigenvalue weighted by Crippen LogP contribution is 2.40. The third-order valence-corrected chi connectivity index (χ3v) is 8.21. The van der Waals surface area contributed by atoms with Crippen LogP contribution in [0.2, 0.25) is 5.02 Å². The van der Waals surface area contributed by atoms with Crippen LogP contribution >= 0.6 is 22.9 Å². The second-order valence-electron chi connectivity index (χ2n) is 11.5. The highest BCUT2D eigenvalue weighted by Gasteiger charge is 2.51. The summed E-state index contributed by atoms with van der Waals surface area (Å²) < 4.78 is 26.7. The average Bonchev–Trinajstić information content (AvgIpc) is 3.53. The molecule has 1 unspecified atom stereocenters. The van der Waals surface area contributed by atoms with Crippen molar-refractivity contribution in [3.8, 4) is 5.69 Å². The molecule has 14 heteroatoms. The lowest BCUT2D eigenvalue weighted by Crippen LogP contribution is -2.66. The number of nitrogens with zero attached hydrogens (tertiary/aromatic N) is 4. The van der Waals surface area contributed by atoms with Gasteiger partial charge in [-0.1, -0.05) is 41.9 Å². The number of carbonyl (C=O) groups is 1. The Bertz CT molecular complexity index is 1620. The van der Waals surface area contributed by atoms with Gasteiger partial charge in [-0.15, -0.1) is 11.3 Å². The molecule has 2 aliphatic rings. The second kappa shape index (κ2) is 11.7. The predicted octanol–water partition coefficient (Wildman–Crippen LogP) is 4.46. The van der Waals surface area contributed by atoms with Gasteiger partial charge < -0.3 is 24.1 Å². The second-order valence-corrected chi connectivity index (χ2v) is 13.1. The summed E-state index contributed by atoms with van der Waals surface area (Å²) in [5.41, 5.74) is 6.97. The van der Waals surface area contributed by atoms with Gasteiger partial charge in [0, 0.05) is 5.56 Å². The summed E-state index contributed by atoms with van der Waals surface area (Å²) in [5.74, 6) is 0.829. The normalized spacial score (nSPS) is 25.8. The number of hydrogen-bond acceptors (Lipinski definition) is 11. The van der Waals surface area contributed by atoms with Gasteiger partial charge in [-0.3, -0.25) is 5.43 Å². The van der Waals surface area contributed by atoms with Crippen LogP contribution < -0.4 is 10.9 Å². The van der Waals surface area contributed by atoms with Crippen molar-refractivity contribution < 1.29 is 28.8 Å². The molecule has 3 N–H and O–H groups in total. The summed E-state index contributed by atoms with van der Waals surface area (Å²) in [6.07, 6.45) is -4.93. The molecule has 0 aliphatic carbocycles. The molecular weight excluding hydrogens is 596 g/mol. The number of aromatic nitrogens is 4. The summed E-state index contributed by atoms with van der Waals surface area (Å²) in [5, 5.41) is 17.8. The molecule has 0 bridgehead atoms. The van der Waals surface area contributed by atoms with E-state index in [2.05, 4.69) is 25.9 Å². The Kier molecular flexibility index (Phi) is 8.15. The Balaban J connectivity index is 1.33. The molecule has 2 fully saturated rings. The molecule has 2 aromatic heterocycles. The largest absolute Gasteiger partial charge is 0.443 e. The number of amides is 1. The topological polar surface area (TPSA) is 142 Å². The number of ether oxygens (including phenoxy) is 4. The van der Waals surface area contributed by atoms with Crippen LogP contribution in [0.1, 0.15) is 55.4 Å². The van der Waals surface area contributed by atoms with Gasteiger partial charge >= 0.3 is 6.09 Å². The van der Waals surface area contributed by atoms with E-state index in [9.17, 15) is 9.90 Å². The highest BCUT2D eigenvalue weighted by atomic mass is 35.5. The maximum atomic E-state index is 12.6. The first-order valence-corrected chi connectivity index (χ1v) is 15.1. The smallest absolute Gasteiger partial charge is 0.422 e. The van der Waals surface area contributed by atoms with E-state index in [0.717, 1.165) is 15.3 Å². The van der Waals surface area contributed by atoms with Crippen molar-refractivity contribution in [1.82, 2.24) is 30.6 Å². The predicted molar refractivity (Wildman–Crippen MR) is 159 cm³/mol. The lowest BCUT2D eigenvalue weighted by molar-refractivity contribution is -0.313. The molecule has 2 saturated heterocycles. The van der Waals surface area contributed by atoms with Crippen molar-refractivity contribution >= 4 is 39.2 Å². The van der Waals surface area contributed by atoms with E-state index in [1.165, 1.54) is 11.3 Å². The van der Waals surface area contributed by atoms with Crippen LogP contribution in [0, 0.1) is 13.8 Å². The molecule has 2 aromatic carbocycles. The standard InChI is InChI=1S/C29H33ClN6O6S/c1-14-31-26(36(35-14)17-11-18(30)21-20(12-17)43-15(2)32-21)25-23(37)22(33-34-28(38)42-29(3,4)5)24-19(40-25)13-39-27(41-24)16-9-7-6-8-10-16/h6-12,19,22-25,27,33,37H,13H2,1-5H3,(H,34,38)/t19-,22-,23-,24+,25-,27?/m1/s1. The fraction of sp³-hybridized carbons (Fsp3) is 0.448. The first-order chi connectivity index (χ1) is 20.5. The quantitative estimate of drug-likeness (QED) is 0.271. The molecule has 1 amide bonds. The summed E-state index contributed by atoms with van der Waals surface area (Å²) in [6.45, 7) is 9.14. The van der Waals surface area contributed by atoms with Gasteiger partial charge in [0.15, 0.2) is 12.1 Å². The number of thiazole rings is 1. The Morgan fingerprint density at radius 3 is 2.67 bits per heavy atom. The molecule has 6 rings (SSSR count). The minimum absolute atomic E-state index is 0.170. The maximum Gasteiger partial charge on any atom is 0.422 e. The molecule has 0 saturated carbocycles. The van der Waals surface area contributed by atoms with Gasteiger partial charge in [0.1, 0.15) is 41.4 Å². The number of benzene rings is 2. The van der Waals surface area contributed by atoms with E-state index in [1.807, 2.05) is 43.3 Å². The van der Waals surface area contributed by atoms with Gasteiger partial charge in [0.2, 0.25) is 0 Å². The Morgan fingerprint density at radius 2 is 1.93 bits per heavy atom. The van der Waals surface area contributed by atoms with Crippen molar-refractivity contribution in [3.05, 3.63) is 69.7 Å². The third kappa shape index (κ3) is 6.25. The maximum absolute atomic E-state index is 12.6. The molecule has 43 heavy (non-hydrogen) atoms. The van der Waals surface area contributed by atoms with Crippen LogP contribution in [0.4, 0.5) is 4.79 Å².